The molecule has 0 amide bonds. The maximum atomic E-state index is 13.8. The molecule has 4 nitrogen and oxygen atoms in total. The Morgan fingerprint density at radius 2 is 1.82 bits per heavy atom. The van der Waals surface area contributed by atoms with Gasteiger partial charge in [-0.3, -0.25) is 4.57 Å². The van der Waals surface area contributed by atoms with Crippen LogP contribution in [0, 0.1) is 0 Å². The lowest BCUT2D eigenvalue weighted by Crippen LogP contribution is -2.15. The molecule has 3 rings (SSSR count). The molecule has 0 saturated heterocycles. The first-order chi connectivity index (χ1) is 13.4. The maximum absolute atomic E-state index is 13.8. The molecular formula is C20H18BrF2O4P. The van der Waals surface area contributed by atoms with Gasteiger partial charge in [0.25, 0.3) is 0 Å². The molecule has 0 saturated carbocycles. The number of alkyl halides is 2. The van der Waals surface area contributed by atoms with E-state index in [1.165, 1.54) is 28.5 Å². The Balaban J connectivity index is 1.59. The highest BCUT2D eigenvalue weighted by Gasteiger charge is 2.37. The normalized spacial score (nSPS) is 13.0. The fourth-order valence-electron chi connectivity index (χ4n) is 2.93. The molecule has 0 aliphatic rings. The monoisotopic (exact) mass is 470 g/mol. The Kier molecular flexibility index (Phi) is 6.96. The molecule has 0 bridgehead atoms. The first-order valence-electron chi connectivity index (χ1n) is 8.50. The zero-order chi connectivity index (χ0) is 20.1. The van der Waals surface area contributed by atoms with E-state index in [-0.39, 0.29) is 11.1 Å². The summed E-state index contributed by atoms with van der Waals surface area (Å²) >= 11 is 3.06. The van der Waals surface area contributed by atoms with Gasteiger partial charge in [-0.25, -0.2) is 4.52 Å². The SMILES string of the molecule is O=[PH](O)OC(F)(F)c1ccc(COCCc2cccc3ccccc23)cc1Br. The summed E-state index contributed by atoms with van der Waals surface area (Å²) in [6, 6.07) is 18.4. The van der Waals surface area contributed by atoms with Crippen LogP contribution < -0.4 is 0 Å². The topological polar surface area (TPSA) is 55.8 Å². The molecule has 3 aromatic carbocycles. The molecule has 0 fully saturated rings. The summed E-state index contributed by atoms with van der Waals surface area (Å²) in [6.07, 6.45) is -3.12. The Morgan fingerprint density at radius 3 is 2.57 bits per heavy atom. The summed E-state index contributed by atoms with van der Waals surface area (Å²) in [5.41, 5.74) is 1.37. The van der Waals surface area contributed by atoms with E-state index in [1.807, 2.05) is 18.2 Å². The Morgan fingerprint density at radius 1 is 1.07 bits per heavy atom. The van der Waals surface area contributed by atoms with Crippen LogP contribution in [0.5, 0.6) is 0 Å². The van der Waals surface area contributed by atoms with Crippen LogP contribution in [0.3, 0.4) is 0 Å². The molecule has 0 aromatic heterocycles. The van der Waals surface area contributed by atoms with E-state index >= 15 is 0 Å². The molecule has 8 heteroatoms. The highest BCUT2D eigenvalue weighted by atomic mass is 79.9. The van der Waals surface area contributed by atoms with Gasteiger partial charge in [-0.1, -0.05) is 64.5 Å². The van der Waals surface area contributed by atoms with Gasteiger partial charge in [-0.2, -0.15) is 8.78 Å². The average Bonchev–Trinajstić information content (AvgIpc) is 2.64. The molecule has 0 spiro atoms. The fraction of sp³-hybridized carbons (Fsp3) is 0.200. The van der Waals surface area contributed by atoms with E-state index in [9.17, 15) is 13.3 Å². The molecule has 3 aromatic rings. The van der Waals surface area contributed by atoms with Gasteiger partial charge in [0.05, 0.1) is 18.8 Å². The third kappa shape index (κ3) is 5.25. The summed E-state index contributed by atoms with van der Waals surface area (Å²) in [4.78, 5) is 8.61. The summed E-state index contributed by atoms with van der Waals surface area (Å²) in [5.74, 6) is 0. The van der Waals surface area contributed by atoms with Gasteiger partial charge in [0.2, 0.25) is 0 Å². The van der Waals surface area contributed by atoms with Gasteiger partial charge in [0, 0.05) is 4.47 Å². The maximum Gasteiger partial charge on any atom is 0.390 e. The van der Waals surface area contributed by atoms with Crippen molar-refractivity contribution in [1.29, 1.82) is 0 Å². The lowest BCUT2D eigenvalue weighted by molar-refractivity contribution is -0.186. The number of hydrogen-bond donors (Lipinski definition) is 1. The number of rotatable bonds is 8. The van der Waals surface area contributed by atoms with E-state index in [2.05, 4.69) is 44.7 Å². The Bertz CT molecular complexity index is 992. The molecule has 28 heavy (non-hydrogen) atoms. The third-order valence-corrected chi connectivity index (χ3v) is 5.31. The summed E-state index contributed by atoms with van der Waals surface area (Å²) in [6.45, 7) is 0.742. The first-order valence-corrected chi connectivity index (χ1v) is 10.6. The largest absolute Gasteiger partial charge is 0.390 e. The van der Waals surface area contributed by atoms with Gasteiger partial charge >= 0.3 is 14.4 Å². The third-order valence-electron chi connectivity index (χ3n) is 4.23. The highest BCUT2D eigenvalue weighted by Crippen LogP contribution is 2.41. The van der Waals surface area contributed by atoms with Crippen molar-refractivity contribution in [3.05, 3.63) is 81.8 Å². The van der Waals surface area contributed by atoms with Crippen molar-refractivity contribution in [3.8, 4) is 0 Å². The second-order valence-corrected chi connectivity index (χ2v) is 7.73. The van der Waals surface area contributed by atoms with Crippen LogP contribution in [0.4, 0.5) is 8.78 Å². The van der Waals surface area contributed by atoms with Gasteiger partial charge < -0.3 is 9.63 Å². The Labute approximate surface area is 170 Å². The van der Waals surface area contributed by atoms with Crippen LogP contribution in [0.25, 0.3) is 10.8 Å². The summed E-state index contributed by atoms with van der Waals surface area (Å²) in [7, 11) is -3.77. The lowest BCUT2D eigenvalue weighted by Gasteiger charge is -2.17. The average molecular weight is 471 g/mol. The highest BCUT2D eigenvalue weighted by molar-refractivity contribution is 9.10. The molecule has 0 radical (unpaired) electrons. The van der Waals surface area contributed by atoms with Crippen LogP contribution >= 0.6 is 24.2 Å². The van der Waals surface area contributed by atoms with Crippen molar-refractivity contribution in [2.75, 3.05) is 6.61 Å². The molecule has 1 unspecified atom stereocenters. The minimum atomic E-state index is -3.85. The molecule has 1 N–H and O–H groups in total. The number of ether oxygens (including phenoxy) is 1. The zero-order valence-electron chi connectivity index (χ0n) is 14.7. The summed E-state index contributed by atoms with van der Waals surface area (Å²) < 4.78 is 47.8. The van der Waals surface area contributed by atoms with Crippen molar-refractivity contribution < 1.29 is 27.5 Å². The quantitative estimate of drug-likeness (QED) is 0.333. The van der Waals surface area contributed by atoms with Gasteiger partial charge in [0.1, 0.15) is 0 Å². The number of hydrogen-bond acceptors (Lipinski definition) is 3. The van der Waals surface area contributed by atoms with Gasteiger partial charge in [-0.05, 0) is 40.5 Å². The van der Waals surface area contributed by atoms with Gasteiger partial charge in [0.15, 0.2) is 0 Å². The minimum Gasteiger partial charge on any atom is -0.376 e. The number of halogens is 3. The molecule has 148 valence electrons. The number of benzene rings is 3. The second-order valence-electron chi connectivity index (χ2n) is 6.14. The molecule has 1 atom stereocenters. The first kappa shape index (κ1) is 21.1. The molecule has 0 heterocycles. The predicted molar refractivity (Wildman–Crippen MR) is 108 cm³/mol. The number of fused-ring (bicyclic) bond motifs is 1. The van der Waals surface area contributed by atoms with Gasteiger partial charge in [-0.15, -0.1) is 0 Å². The molecular weight excluding hydrogens is 453 g/mol. The van der Waals surface area contributed by atoms with E-state index in [1.54, 1.807) is 0 Å². The zero-order valence-corrected chi connectivity index (χ0v) is 17.3. The standard InChI is InChI=1S/C20H18BrF2O4P/c21-19-12-14(8-9-18(19)20(22,23)27-28(24)25)13-26-11-10-16-6-3-5-15-4-1-2-7-17(15)16/h1-9,12,28H,10-11,13H2,(H,24,25). The molecule has 0 aliphatic carbocycles. The van der Waals surface area contributed by atoms with Crippen LogP contribution in [-0.4, -0.2) is 11.5 Å². The van der Waals surface area contributed by atoms with Crippen molar-refractivity contribution >= 4 is 35.0 Å². The van der Waals surface area contributed by atoms with Crippen LogP contribution in [0.1, 0.15) is 16.7 Å². The van der Waals surface area contributed by atoms with E-state index in [0.717, 1.165) is 12.5 Å². The van der Waals surface area contributed by atoms with E-state index in [4.69, 9.17) is 9.63 Å². The predicted octanol–water partition coefficient (Wildman–Crippen LogP) is 5.81. The van der Waals surface area contributed by atoms with Crippen molar-refractivity contribution in [2.45, 2.75) is 19.1 Å². The molecule has 0 aliphatic heterocycles. The van der Waals surface area contributed by atoms with Crippen LogP contribution in [0.2, 0.25) is 0 Å². The fourth-order valence-corrected chi connectivity index (χ4v) is 3.92. The second kappa shape index (κ2) is 9.25. The van der Waals surface area contributed by atoms with E-state index < -0.39 is 19.9 Å². The van der Waals surface area contributed by atoms with Crippen molar-refractivity contribution in [2.24, 2.45) is 0 Å². The van der Waals surface area contributed by atoms with Crippen LogP contribution in [-0.2, 0) is 33.0 Å². The van der Waals surface area contributed by atoms with E-state index in [0.29, 0.717) is 12.2 Å². The van der Waals surface area contributed by atoms with Crippen LogP contribution in [0.15, 0.2) is 65.1 Å². The Hall–Kier alpha value is -1.63. The lowest BCUT2D eigenvalue weighted by atomic mass is 10.0. The van der Waals surface area contributed by atoms with Crippen molar-refractivity contribution in [3.63, 3.8) is 0 Å². The smallest absolute Gasteiger partial charge is 0.376 e. The minimum absolute atomic E-state index is 0.0795. The van der Waals surface area contributed by atoms with Crippen molar-refractivity contribution in [1.82, 2.24) is 0 Å². The summed E-state index contributed by atoms with van der Waals surface area (Å²) in [5, 5.41) is 2.36.